The average molecular weight is 369 g/mol. The van der Waals surface area contributed by atoms with Gasteiger partial charge in [0.15, 0.2) is 11.5 Å². The zero-order valence-corrected chi connectivity index (χ0v) is 14.4. The lowest BCUT2D eigenvalue weighted by molar-refractivity contribution is -0.137. The molecule has 0 saturated heterocycles. The van der Waals surface area contributed by atoms with E-state index in [0.29, 0.717) is 22.8 Å². The van der Waals surface area contributed by atoms with Gasteiger partial charge in [0, 0.05) is 18.2 Å². The Bertz CT molecular complexity index is 790. The molecule has 2 aromatic rings. The van der Waals surface area contributed by atoms with E-state index in [1.807, 2.05) is 0 Å². The minimum atomic E-state index is -4.62. The number of carbonyl (C=O) groups is 1. The van der Waals surface area contributed by atoms with Crippen LogP contribution in [0.3, 0.4) is 0 Å². The molecule has 140 valence electrons. The molecule has 1 amide bonds. The molecule has 0 fully saturated rings. The molecule has 0 radical (unpaired) electrons. The van der Waals surface area contributed by atoms with Gasteiger partial charge in [-0.1, -0.05) is 12.1 Å². The number of amides is 1. The number of rotatable bonds is 6. The van der Waals surface area contributed by atoms with E-state index < -0.39 is 23.2 Å². The first kappa shape index (κ1) is 19.4. The number of hydrogen-bond acceptors (Lipinski definition) is 4. The molecule has 8 heteroatoms. The Morgan fingerprint density at radius 2 is 1.54 bits per heavy atom. The van der Waals surface area contributed by atoms with Gasteiger partial charge in [-0.25, -0.2) is 0 Å². The SMILES string of the molecule is COc1cc(OC)c(OC)cc1CNC(=O)c1ccccc1C(F)(F)F. The lowest BCUT2D eigenvalue weighted by atomic mass is 10.1. The van der Waals surface area contributed by atoms with Crippen molar-refractivity contribution < 1.29 is 32.2 Å². The minimum Gasteiger partial charge on any atom is -0.496 e. The number of halogens is 3. The maximum absolute atomic E-state index is 13.0. The van der Waals surface area contributed by atoms with Crippen LogP contribution in [0.4, 0.5) is 13.2 Å². The second-order valence-electron chi connectivity index (χ2n) is 5.25. The van der Waals surface area contributed by atoms with Crippen molar-refractivity contribution in [3.05, 3.63) is 53.1 Å². The summed E-state index contributed by atoms with van der Waals surface area (Å²) < 4.78 is 54.7. The molecule has 0 aliphatic heterocycles. The lowest BCUT2D eigenvalue weighted by Crippen LogP contribution is -2.26. The predicted molar refractivity (Wildman–Crippen MR) is 88.7 cm³/mol. The zero-order chi connectivity index (χ0) is 19.3. The first-order valence-corrected chi connectivity index (χ1v) is 7.55. The van der Waals surface area contributed by atoms with Crippen LogP contribution in [-0.4, -0.2) is 27.2 Å². The standard InChI is InChI=1S/C18H18F3NO4/c1-24-14-9-16(26-3)15(25-2)8-11(14)10-22-17(23)12-6-4-5-7-13(12)18(19,20)21/h4-9H,10H2,1-3H3,(H,22,23). The lowest BCUT2D eigenvalue weighted by Gasteiger charge is -2.16. The normalized spacial score (nSPS) is 11.0. The molecule has 0 unspecified atom stereocenters. The van der Waals surface area contributed by atoms with Crippen LogP contribution in [-0.2, 0) is 12.7 Å². The molecule has 2 aromatic carbocycles. The Balaban J connectivity index is 2.26. The predicted octanol–water partition coefficient (Wildman–Crippen LogP) is 3.66. The summed E-state index contributed by atoms with van der Waals surface area (Å²) in [4.78, 5) is 12.3. The number of carbonyl (C=O) groups excluding carboxylic acids is 1. The maximum atomic E-state index is 13.0. The molecule has 0 bridgehead atoms. The van der Waals surface area contributed by atoms with Crippen molar-refractivity contribution in [2.45, 2.75) is 12.7 Å². The number of benzene rings is 2. The van der Waals surface area contributed by atoms with Crippen molar-refractivity contribution >= 4 is 5.91 Å². The van der Waals surface area contributed by atoms with Crippen LogP contribution < -0.4 is 19.5 Å². The van der Waals surface area contributed by atoms with E-state index >= 15 is 0 Å². The van der Waals surface area contributed by atoms with E-state index in [2.05, 4.69) is 5.32 Å². The Morgan fingerprint density at radius 3 is 2.12 bits per heavy atom. The third kappa shape index (κ3) is 4.19. The van der Waals surface area contributed by atoms with Crippen LogP contribution in [0.1, 0.15) is 21.5 Å². The Labute approximate surface area is 148 Å². The Morgan fingerprint density at radius 1 is 0.962 bits per heavy atom. The molecule has 0 spiro atoms. The summed E-state index contributed by atoms with van der Waals surface area (Å²) in [6.45, 7) is -0.0471. The van der Waals surface area contributed by atoms with Gasteiger partial charge in [-0.15, -0.1) is 0 Å². The average Bonchev–Trinajstić information content (AvgIpc) is 2.64. The van der Waals surface area contributed by atoms with Crippen LogP contribution in [0.5, 0.6) is 17.2 Å². The second kappa shape index (κ2) is 7.99. The van der Waals surface area contributed by atoms with E-state index in [1.165, 1.54) is 33.5 Å². The number of nitrogens with one attached hydrogen (secondary N) is 1. The third-order valence-corrected chi connectivity index (χ3v) is 3.70. The smallest absolute Gasteiger partial charge is 0.417 e. The van der Waals surface area contributed by atoms with E-state index in [9.17, 15) is 18.0 Å². The summed E-state index contributed by atoms with van der Waals surface area (Å²) in [7, 11) is 4.35. The molecular weight excluding hydrogens is 351 g/mol. The molecule has 5 nitrogen and oxygen atoms in total. The molecule has 0 aliphatic carbocycles. The van der Waals surface area contributed by atoms with Crippen molar-refractivity contribution in [3.8, 4) is 17.2 Å². The fourth-order valence-corrected chi connectivity index (χ4v) is 2.43. The second-order valence-corrected chi connectivity index (χ2v) is 5.25. The highest BCUT2D eigenvalue weighted by molar-refractivity contribution is 5.95. The fourth-order valence-electron chi connectivity index (χ4n) is 2.43. The fraction of sp³-hybridized carbons (Fsp3) is 0.278. The van der Waals surface area contributed by atoms with Gasteiger partial charge >= 0.3 is 6.18 Å². The van der Waals surface area contributed by atoms with Crippen LogP contribution >= 0.6 is 0 Å². The first-order chi connectivity index (χ1) is 12.3. The molecule has 2 rings (SSSR count). The van der Waals surface area contributed by atoms with Gasteiger partial charge in [-0.05, 0) is 18.2 Å². The van der Waals surface area contributed by atoms with Crippen molar-refractivity contribution in [2.75, 3.05) is 21.3 Å². The summed E-state index contributed by atoms with van der Waals surface area (Å²) in [5.74, 6) is 0.414. The Kier molecular flexibility index (Phi) is 5.97. The number of methoxy groups -OCH3 is 3. The number of ether oxygens (including phenoxy) is 3. The topological polar surface area (TPSA) is 56.8 Å². The largest absolute Gasteiger partial charge is 0.496 e. The van der Waals surface area contributed by atoms with Gasteiger partial charge in [0.1, 0.15) is 5.75 Å². The van der Waals surface area contributed by atoms with Gasteiger partial charge in [-0.3, -0.25) is 4.79 Å². The summed E-state index contributed by atoms with van der Waals surface area (Å²) in [6.07, 6.45) is -4.62. The highest BCUT2D eigenvalue weighted by Gasteiger charge is 2.34. The molecular formula is C18H18F3NO4. The van der Waals surface area contributed by atoms with E-state index in [-0.39, 0.29) is 6.54 Å². The van der Waals surface area contributed by atoms with Gasteiger partial charge in [0.2, 0.25) is 0 Å². The minimum absolute atomic E-state index is 0.0471. The molecule has 26 heavy (non-hydrogen) atoms. The van der Waals surface area contributed by atoms with Crippen LogP contribution in [0.15, 0.2) is 36.4 Å². The van der Waals surface area contributed by atoms with Crippen LogP contribution in [0.2, 0.25) is 0 Å². The number of hydrogen-bond donors (Lipinski definition) is 1. The van der Waals surface area contributed by atoms with Gasteiger partial charge in [-0.2, -0.15) is 13.2 Å². The van der Waals surface area contributed by atoms with Crippen molar-refractivity contribution in [3.63, 3.8) is 0 Å². The Hall–Kier alpha value is -2.90. The monoisotopic (exact) mass is 369 g/mol. The van der Waals surface area contributed by atoms with E-state index in [0.717, 1.165) is 12.1 Å². The first-order valence-electron chi connectivity index (χ1n) is 7.55. The van der Waals surface area contributed by atoms with E-state index in [1.54, 1.807) is 12.1 Å². The summed E-state index contributed by atoms with van der Waals surface area (Å²) in [5, 5.41) is 2.48. The molecule has 0 atom stereocenters. The molecule has 0 saturated carbocycles. The maximum Gasteiger partial charge on any atom is 0.417 e. The number of alkyl halides is 3. The third-order valence-electron chi connectivity index (χ3n) is 3.70. The van der Waals surface area contributed by atoms with Crippen molar-refractivity contribution in [2.24, 2.45) is 0 Å². The van der Waals surface area contributed by atoms with Crippen molar-refractivity contribution in [1.29, 1.82) is 0 Å². The molecule has 0 heterocycles. The highest BCUT2D eigenvalue weighted by Crippen LogP contribution is 2.35. The van der Waals surface area contributed by atoms with Crippen molar-refractivity contribution in [1.82, 2.24) is 5.32 Å². The van der Waals surface area contributed by atoms with Crippen LogP contribution in [0, 0.1) is 0 Å². The highest BCUT2D eigenvalue weighted by atomic mass is 19.4. The molecule has 0 aromatic heterocycles. The van der Waals surface area contributed by atoms with Gasteiger partial charge in [0.05, 0.1) is 32.5 Å². The summed E-state index contributed by atoms with van der Waals surface area (Å²) >= 11 is 0. The summed E-state index contributed by atoms with van der Waals surface area (Å²) in [6, 6.07) is 7.77. The molecule has 0 aliphatic rings. The van der Waals surface area contributed by atoms with Gasteiger partial charge < -0.3 is 19.5 Å². The quantitative estimate of drug-likeness (QED) is 0.844. The summed E-state index contributed by atoms with van der Waals surface area (Å²) in [5.41, 5.74) is -0.904. The van der Waals surface area contributed by atoms with Gasteiger partial charge in [0.25, 0.3) is 5.91 Å². The van der Waals surface area contributed by atoms with Crippen LogP contribution in [0.25, 0.3) is 0 Å². The molecule has 1 N–H and O–H groups in total. The zero-order valence-electron chi connectivity index (χ0n) is 14.4. The van der Waals surface area contributed by atoms with E-state index in [4.69, 9.17) is 14.2 Å².